The number of carbonyl (C=O) groups is 1. The Morgan fingerprint density at radius 1 is 0.886 bits per heavy atom. The molecule has 1 amide bonds. The zero-order valence-corrected chi connectivity index (χ0v) is 18.6. The van der Waals surface area contributed by atoms with E-state index in [0.717, 1.165) is 17.0 Å². The van der Waals surface area contributed by atoms with Gasteiger partial charge in [0.05, 0.1) is 36.8 Å². The van der Waals surface area contributed by atoms with Crippen LogP contribution >= 0.6 is 0 Å². The Morgan fingerprint density at radius 3 is 2.34 bits per heavy atom. The van der Waals surface area contributed by atoms with Crippen molar-refractivity contribution in [3.8, 4) is 11.5 Å². The molecule has 3 aromatic carbocycles. The molecule has 0 radical (unpaired) electrons. The summed E-state index contributed by atoms with van der Waals surface area (Å²) in [5.41, 5.74) is -0.701. The van der Waals surface area contributed by atoms with E-state index in [9.17, 15) is 22.8 Å². The van der Waals surface area contributed by atoms with E-state index in [0.29, 0.717) is 17.1 Å². The van der Waals surface area contributed by atoms with Crippen molar-refractivity contribution in [3.05, 3.63) is 99.4 Å². The minimum atomic E-state index is -4.62. The van der Waals surface area contributed by atoms with Crippen molar-refractivity contribution in [2.75, 3.05) is 19.1 Å². The SMILES string of the molecule is COc1ccc(C2c3c(oc4ccccc4c3=O)C(=O)N2c2cccc(C(F)(F)F)c2)cc1OC. The van der Waals surface area contributed by atoms with Gasteiger partial charge in [-0.1, -0.05) is 24.3 Å². The molecule has 0 N–H and O–H groups in total. The van der Waals surface area contributed by atoms with Crippen molar-refractivity contribution in [1.29, 1.82) is 0 Å². The van der Waals surface area contributed by atoms with Crippen LogP contribution in [0.4, 0.5) is 18.9 Å². The fourth-order valence-corrected chi connectivity index (χ4v) is 4.36. The summed E-state index contributed by atoms with van der Waals surface area (Å²) in [6, 6.07) is 14.6. The number of amides is 1. The molecular weight excluding hydrogens is 463 g/mol. The van der Waals surface area contributed by atoms with Gasteiger partial charge in [0.1, 0.15) is 5.58 Å². The smallest absolute Gasteiger partial charge is 0.416 e. The van der Waals surface area contributed by atoms with Gasteiger partial charge in [-0.15, -0.1) is 0 Å². The molecule has 178 valence electrons. The topological polar surface area (TPSA) is 69.0 Å². The van der Waals surface area contributed by atoms with E-state index < -0.39 is 29.1 Å². The Kier molecular flexibility index (Phi) is 5.27. The Balaban J connectivity index is 1.79. The Morgan fingerprint density at radius 2 is 1.63 bits per heavy atom. The van der Waals surface area contributed by atoms with Gasteiger partial charge in [0.25, 0.3) is 5.91 Å². The van der Waals surface area contributed by atoms with Crippen molar-refractivity contribution >= 4 is 22.6 Å². The molecule has 6 nitrogen and oxygen atoms in total. The molecule has 0 aliphatic carbocycles. The first-order valence-corrected chi connectivity index (χ1v) is 10.5. The van der Waals surface area contributed by atoms with Gasteiger partial charge in [-0.25, -0.2) is 0 Å². The molecular formula is C26H18F3NO5. The maximum absolute atomic E-state index is 13.6. The number of halogens is 3. The predicted molar refractivity (Wildman–Crippen MR) is 122 cm³/mol. The summed E-state index contributed by atoms with van der Waals surface area (Å²) >= 11 is 0. The van der Waals surface area contributed by atoms with Gasteiger partial charge < -0.3 is 13.9 Å². The molecule has 1 atom stereocenters. The highest BCUT2D eigenvalue weighted by Gasteiger charge is 2.44. The number of fused-ring (bicyclic) bond motifs is 2. The summed E-state index contributed by atoms with van der Waals surface area (Å²) in [5.74, 6) is -0.190. The highest BCUT2D eigenvalue weighted by molar-refractivity contribution is 6.10. The first-order valence-electron chi connectivity index (χ1n) is 10.5. The van der Waals surface area contributed by atoms with Gasteiger partial charge in [0.15, 0.2) is 16.9 Å². The number of para-hydroxylation sites is 1. The molecule has 0 saturated heterocycles. The average Bonchev–Trinajstić information content (AvgIpc) is 3.15. The molecule has 4 aromatic rings. The van der Waals surface area contributed by atoms with Crippen LogP contribution in [0.15, 0.2) is 75.9 Å². The normalized spacial score (nSPS) is 15.4. The van der Waals surface area contributed by atoms with E-state index in [4.69, 9.17) is 13.9 Å². The molecule has 0 fully saturated rings. The predicted octanol–water partition coefficient (Wildman–Crippen LogP) is 5.58. The number of nitrogens with zero attached hydrogens (tertiary/aromatic N) is 1. The van der Waals surface area contributed by atoms with Crippen LogP contribution in [0.3, 0.4) is 0 Å². The summed E-state index contributed by atoms with van der Waals surface area (Å²) in [5, 5.41) is 0.260. The maximum Gasteiger partial charge on any atom is 0.416 e. The number of anilines is 1. The fourth-order valence-electron chi connectivity index (χ4n) is 4.36. The van der Waals surface area contributed by atoms with E-state index >= 15 is 0 Å². The van der Waals surface area contributed by atoms with Crippen LogP contribution in [-0.4, -0.2) is 20.1 Å². The standard InChI is InChI=1S/C26H18F3NO5/c1-33-19-11-10-14(12-20(19)34-2)22-21-23(31)17-8-3-4-9-18(17)35-24(21)25(32)30(22)16-7-5-6-15(13-16)26(27,28)29/h3-13,22H,1-2H3. The molecule has 0 bridgehead atoms. The first-order chi connectivity index (χ1) is 16.7. The summed E-state index contributed by atoms with van der Waals surface area (Å²) in [6.07, 6.45) is -4.62. The number of hydrogen-bond acceptors (Lipinski definition) is 5. The van der Waals surface area contributed by atoms with Crippen LogP contribution in [0.1, 0.15) is 33.3 Å². The summed E-state index contributed by atoms with van der Waals surface area (Å²) in [7, 11) is 2.89. The maximum atomic E-state index is 13.6. The minimum absolute atomic E-state index is 0.0283. The number of alkyl halides is 3. The highest BCUT2D eigenvalue weighted by atomic mass is 19.4. The zero-order chi connectivity index (χ0) is 24.9. The Hall–Kier alpha value is -4.27. The van der Waals surface area contributed by atoms with Crippen molar-refractivity contribution in [1.82, 2.24) is 0 Å². The van der Waals surface area contributed by atoms with Crippen molar-refractivity contribution in [3.63, 3.8) is 0 Å². The van der Waals surface area contributed by atoms with Crippen LogP contribution in [-0.2, 0) is 6.18 Å². The molecule has 0 saturated carbocycles. The lowest BCUT2D eigenvalue weighted by Crippen LogP contribution is -2.29. The monoisotopic (exact) mass is 481 g/mol. The van der Waals surface area contributed by atoms with Gasteiger partial charge in [-0.3, -0.25) is 14.5 Å². The lowest BCUT2D eigenvalue weighted by molar-refractivity contribution is -0.137. The number of carbonyl (C=O) groups excluding carboxylic acids is 1. The number of benzene rings is 3. The molecule has 5 rings (SSSR count). The Labute approximate surface area is 197 Å². The number of hydrogen-bond donors (Lipinski definition) is 0. The van der Waals surface area contributed by atoms with E-state index in [2.05, 4.69) is 0 Å². The van der Waals surface area contributed by atoms with Crippen molar-refractivity contribution in [2.24, 2.45) is 0 Å². The van der Waals surface area contributed by atoms with E-state index in [1.54, 1.807) is 42.5 Å². The van der Waals surface area contributed by atoms with Gasteiger partial charge in [-0.05, 0) is 48.0 Å². The van der Waals surface area contributed by atoms with Crippen LogP contribution < -0.4 is 19.8 Å². The second kappa shape index (κ2) is 8.19. The molecule has 2 heterocycles. The van der Waals surface area contributed by atoms with Crippen LogP contribution in [0.2, 0.25) is 0 Å². The lowest BCUT2D eigenvalue weighted by Gasteiger charge is -2.26. The van der Waals surface area contributed by atoms with Gasteiger partial charge in [0, 0.05) is 5.69 Å². The first kappa shape index (κ1) is 22.5. The van der Waals surface area contributed by atoms with Crippen LogP contribution in [0.5, 0.6) is 11.5 Å². The Bertz CT molecular complexity index is 1530. The average molecular weight is 481 g/mol. The molecule has 1 aliphatic rings. The second-order valence-electron chi connectivity index (χ2n) is 7.91. The third-order valence-corrected chi connectivity index (χ3v) is 5.95. The summed E-state index contributed by atoms with van der Waals surface area (Å²) in [6.45, 7) is 0. The third kappa shape index (κ3) is 3.60. The summed E-state index contributed by atoms with van der Waals surface area (Å²) in [4.78, 5) is 28.3. The van der Waals surface area contributed by atoms with Gasteiger partial charge >= 0.3 is 6.18 Å². The second-order valence-corrected chi connectivity index (χ2v) is 7.91. The molecule has 1 aliphatic heterocycles. The number of methoxy groups -OCH3 is 2. The molecule has 1 unspecified atom stereocenters. The lowest BCUT2D eigenvalue weighted by atomic mass is 9.97. The highest BCUT2D eigenvalue weighted by Crippen LogP contribution is 2.44. The fraction of sp³-hybridized carbons (Fsp3) is 0.154. The molecule has 0 spiro atoms. The van der Waals surface area contributed by atoms with Gasteiger partial charge in [0.2, 0.25) is 5.76 Å². The van der Waals surface area contributed by atoms with Crippen molar-refractivity contribution < 1.29 is 31.9 Å². The summed E-state index contributed by atoms with van der Waals surface area (Å²) < 4.78 is 56.9. The van der Waals surface area contributed by atoms with E-state index in [1.165, 1.54) is 26.4 Å². The molecule has 9 heteroatoms. The van der Waals surface area contributed by atoms with E-state index in [-0.39, 0.29) is 28.0 Å². The molecule has 35 heavy (non-hydrogen) atoms. The van der Waals surface area contributed by atoms with Crippen LogP contribution in [0, 0.1) is 0 Å². The number of ether oxygens (including phenoxy) is 2. The van der Waals surface area contributed by atoms with Gasteiger partial charge in [-0.2, -0.15) is 13.2 Å². The van der Waals surface area contributed by atoms with E-state index in [1.807, 2.05) is 0 Å². The van der Waals surface area contributed by atoms with Crippen molar-refractivity contribution in [2.45, 2.75) is 12.2 Å². The zero-order valence-electron chi connectivity index (χ0n) is 18.6. The minimum Gasteiger partial charge on any atom is -0.493 e. The van der Waals surface area contributed by atoms with Crippen LogP contribution in [0.25, 0.3) is 11.0 Å². The molecule has 1 aromatic heterocycles. The largest absolute Gasteiger partial charge is 0.493 e. The third-order valence-electron chi connectivity index (χ3n) is 5.95. The number of rotatable bonds is 4. The quantitative estimate of drug-likeness (QED) is 0.381.